The number of morpholine rings is 1. The Morgan fingerprint density at radius 1 is 1.19 bits per heavy atom. The third kappa shape index (κ3) is 4.14. The van der Waals surface area contributed by atoms with Crippen LogP contribution in [0.2, 0.25) is 0 Å². The summed E-state index contributed by atoms with van der Waals surface area (Å²) < 4.78 is 13.3. The van der Waals surface area contributed by atoms with Crippen molar-refractivity contribution < 1.29 is 14.3 Å². The summed E-state index contributed by atoms with van der Waals surface area (Å²) in [6.07, 6.45) is 3.18. The second-order valence-corrected chi connectivity index (χ2v) is 9.95. The molecule has 3 unspecified atom stereocenters. The number of aryl methyl sites for hydroxylation is 1. The lowest BCUT2D eigenvalue weighted by Gasteiger charge is -2.46. The van der Waals surface area contributed by atoms with Crippen LogP contribution in [0.1, 0.15) is 46.3 Å². The number of methoxy groups -OCH3 is 1. The van der Waals surface area contributed by atoms with Crippen molar-refractivity contribution in [3.63, 3.8) is 0 Å². The van der Waals surface area contributed by atoms with Crippen LogP contribution in [-0.2, 0) is 16.0 Å². The Morgan fingerprint density at radius 2 is 2.05 bits per heavy atom. The van der Waals surface area contributed by atoms with Gasteiger partial charge in [0.05, 0.1) is 43.0 Å². The summed E-state index contributed by atoms with van der Waals surface area (Å²) in [6.45, 7) is 5.45. The van der Waals surface area contributed by atoms with Crippen molar-refractivity contribution in [1.82, 2.24) is 30.0 Å². The van der Waals surface area contributed by atoms with E-state index in [4.69, 9.17) is 9.47 Å². The Labute approximate surface area is 215 Å². The van der Waals surface area contributed by atoms with E-state index in [-0.39, 0.29) is 24.0 Å². The Morgan fingerprint density at radius 3 is 2.84 bits per heavy atom. The minimum Gasteiger partial charge on any atom is -0.495 e. The normalized spacial score (nSPS) is 23.3. The molecule has 0 spiro atoms. The molecule has 10 heteroatoms. The van der Waals surface area contributed by atoms with Crippen LogP contribution in [0.15, 0.2) is 36.7 Å². The fraction of sp³-hybridized carbons (Fsp3) is 0.444. The number of hydrogen-bond acceptors (Lipinski definition) is 8. The molecule has 37 heavy (non-hydrogen) atoms. The van der Waals surface area contributed by atoms with Gasteiger partial charge in [0.15, 0.2) is 0 Å². The van der Waals surface area contributed by atoms with Gasteiger partial charge in [-0.2, -0.15) is 5.26 Å². The van der Waals surface area contributed by atoms with Gasteiger partial charge < -0.3 is 14.4 Å². The van der Waals surface area contributed by atoms with Gasteiger partial charge in [-0.1, -0.05) is 12.1 Å². The highest BCUT2D eigenvalue weighted by Gasteiger charge is 2.39. The van der Waals surface area contributed by atoms with E-state index in [1.54, 1.807) is 18.1 Å². The highest BCUT2D eigenvalue weighted by Crippen LogP contribution is 2.37. The number of fused-ring (bicyclic) bond motifs is 2. The predicted molar refractivity (Wildman–Crippen MR) is 133 cm³/mol. The Hall–Kier alpha value is -3.81. The van der Waals surface area contributed by atoms with Crippen LogP contribution in [0.3, 0.4) is 0 Å². The molecule has 6 rings (SSSR count). The molecule has 3 aliphatic rings. The zero-order chi connectivity index (χ0) is 25.5. The maximum atomic E-state index is 13.6. The van der Waals surface area contributed by atoms with Gasteiger partial charge in [-0.05, 0) is 70.6 Å². The van der Waals surface area contributed by atoms with E-state index in [1.807, 2.05) is 30.0 Å². The third-order valence-electron chi connectivity index (χ3n) is 8.07. The number of nitriles is 1. The molecule has 2 aliphatic heterocycles. The fourth-order valence-electron chi connectivity index (χ4n) is 6.04. The van der Waals surface area contributed by atoms with Gasteiger partial charge in [-0.25, -0.2) is 4.68 Å². The van der Waals surface area contributed by atoms with Gasteiger partial charge in [-0.15, -0.1) is 5.10 Å². The van der Waals surface area contributed by atoms with Crippen LogP contribution in [0, 0.1) is 18.3 Å². The Bertz CT molecular complexity index is 1370. The van der Waals surface area contributed by atoms with E-state index < -0.39 is 0 Å². The lowest BCUT2D eigenvalue weighted by molar-refractivity contribution is -0.141. The number of hydrogen-bond donors (Lipinski definition) is 0. The summed E-state index contributed by atoms with van der Waals surface area (Å²) >= 11 is 0. The molecule has 3 aromatic rings. The third-order valence-corrected chi connectivity index (χ3v) is 8.07. The van der Waals surface area contributed by atoms with E-state index >= 15 is 0 Å². The monoisotopic (exact) mass is 499 g/mol. The van der Waals surface area contributed by atoms with Gasteiger partial charge in [0, 0.05) is 26.2 Å². The zero-order valence-electron chi connectivity index (χ0n) is 21.0. The fourth-order valence-corrected chi connectivity index (χ4v) is 6.04. The number of aromatic nitrogens is 4. The molecule has 3 heterocycles. The molecule has 190 valence electrons. The van der Waals surface area contributed by atoms with Crippen LogP contribution < -0.4 is 4.74 Å². The summed E-state index contributed by atoms with van der Waals surface area (Å²) in [5, 5.41) is 21.0. The molecule has 3 atom stereocenters. The van der Waals surface area contributed by atoms with Crippen LogP contribution in [-0.4, -0.2) is 81.9 Å². The molecule has 1 aromatic heterocycles. The first kappa shape index (κ1) is 23.6. The first-order valence-electron chi connectivity index (χ1n) is 12.7. The average Bonchev–Trinajstić information content (AvgIpc) is 3.62. The van der Waals surface area contributed by atoms with Gasteiger partial charge in [0.1, 0.15) is 18.1 Å². The van der Waals surface area contributed by atoms with E-state index in [1.165, 1.54) is 5.56 Å². The molecule has 1 aliphatic carbocycles. The molecule has 2 fully saturated rings. The van der Waals surface area contributed by atoms with Gasteiger partial charge in [0.25, 0.3) is 0 Å². The van der Waals surface area contributed by atoms with Crippen molar-refractivity contribution in [2.24, 2.45) is 0 Å². The van der Waals surface area contributed by atoms with Crippen molar-refractivity contribution in [1.29, 1.82) is 5.26 Å². The molecule has 1 amide bonds. The maximum absolute atomic E-state index is 13.6. The molecule has 0 N–H and O–H groups in total. The van der Waals surface area contributed by atoms with Crippen LogP contribution in [0.5, 0.6) is 5.75 Å². The Balaban J connectivity index is 1.12. The number of ether oxygens (including phenoxy) is 2. The summed E-state index contributed by atoms with van der Waals surface area (Å²) in [6, 6.07) is 12.4. The predicted octanol–water partition coefficient (Wildman–Crippen LogP) is 2.17. The van der Waals surface area contributed by atoms with E-state index in [0.29, 0.717) is 31.0 Å². The van der Waals surface area contributed by atoms with E-state index in [0.717, 1.165) is 48.3 Å². The lowest BCUT2D eigenvalue weighted by atomic mass is 9.95. The number of carbonyl (C=O) groups excluding carboxylic acids is 1. The summed E-state index contributed by atoms with van der Waals surface area (Å²) in [7, 11) is 1.58. The second kappa shape index (κ2) is 9.57. The first-order valence-corrected chi connectivity index (χ1v) is 12.7. The molecule has 0 radical (unpaired) electrons. The Kier molecular flexibility index (Phi) is 6.10. The minimum atomic E-state index is -0.104. The molecule has 2 aromatic carbocycles. The van der Waals surface area contributed by atoms with Crippen molar-refractivity contribution >= 4 is 5.91 Å². The number of piperazine rings is 1. The van der Waals surface area contributed by atoms with Crippen LogP contribution in [0.4, 0.5) is 0 Å². The number of carbonyl (C=O) groups is 1. The number of benzene rings is 2. The molecule has 10 nitrogen and oxygen atoms in total. The van der Waals surface area contributed by atoms with Crippen molar-refractivity contribution in [3.8, 4) is 17.5 Å². The van der Waals surface area contributed by atoms with Gasteiger partial charge >= 0.3 is 0 Å². The van der Waals surface area contributed by atoms with E-state index in [9.17, 15) is 10.1 Å². The summed E-state index contributed by atoms with van der Waals surface area (Å²) in [5.41, 5.74) is 5.71. The number of tetrazole rings is 1. The molecular weight excluding hydrogens is 470 g/mol. The summed E-state index contributed by atoms with van der Waals surface area (Å²) in [4.78, 5) is 18.0. The SMILES string of the molecule is COc1ccc(C2CN3CCN(C(=O)C4CCc5cc(-n6cnnn6)ccc54)CC3CO2)c(C)c1C#N. The lowest BCUT2D eigenvalue weighted by Crippen LogP contribution is -2.60. The minimum absolute atomic E-state index is 0.104. The van der Waals surface area contributed by atoms with E-state index in [2.05, 4.69) is 38.6 Å². The quantitative estimate of drug-likeness (QED) is 0.537. The van der Waals surface area contributed by atoms with Gasteiger partial charge in [-0.3, -0.25) is 9.69 Å². The largest absolute Gasteiger partial charge is 0.495 e. The molecule has 0 saturated carbocycles. The smallest absolute Gasteiger partial charge is 0.230 e. The van der Waals surface area contributed by atoms with Crippen LogP contribution >= 0.6 is 0 Å². The number of amides is 1. The first-order chi connectivity index (χ1) is 18.1. The van der Waals surface area contributed by atoms with Crippen molar-refractivity contribution in [3.05, 3.63) is 64.5 Å². The topological polar surface area (TPSA) is 109 Å². The van der Waals surface area contributed by atoms with Crippen molar-refractivity contribution in [2.45, 2.75) is 37.8 Å². The zero-order valence-corrected chi connectivity index (χ0v) is 21.0. The molecular formula is C27H29N7O3. The van der Waals surface area contributed by atoms with Crippen LogP contribution in [0.25, 0.3) is 5.69 Å². The maximum Gasteiger partial charge on any atom is 0.230 e. The average molecular weight is 500 g/mol. The molecule has 0 bridgehead atoms. The summed E-state index contributed by atoms with van der Waals surface area (Å²) in [5.74, 6) is 0.693. The standard InChI is InChI=1S/C27H29N7O3/c1-17-21(7-8-25(36-2)24(17)12-28)26-14-32-9-10-33(13-20(32)15-37-26)27(35)23-5-3-18-11-19(4-6-22(18)23)34-16-29-30-31-34/h4,6-8,11,16,20,23,26H,3,5,9-10,13-15H2,1-2H3. The van der Waals surface area contributed by atoms with Gasteiger partial charge in [0.2, 0.25) is 5.91 Å². The number of nitrogens with zero attached hydrogens (tertiary/aromatic N) is 7. The van der Waals surface area contributed by atoms with Crippen molar-refractivity contribution in [2.75, 3.05) is 39.9 Å². The highest BCUT2D eigenvalue weighted by molar-refractivity contribution is 5.85. The molecule has 2 saturated heterocycles. The number of rotatable bonds is 4. The highest BCUT2D eigenvalue weighted by atomic mass is 16.5. The second-order valence-electron chi connectivity index (χ2n) is 9.95.